The van der Waals surface area contributed by atoms with Crippen molar-refractivity contribution < 1.29 is 27.8 Å². The van der Waals surface area contributed by atoms with Crippen LogP contribution in [0.1, 0.15) is 41.7 Å². The van der Waals surface area contributed by atoms with Gasteiger partial charge in [-0.2, -0.15) is 0 Å². The number of carbonyl (C=O) groups is 2. The normalized spacial score (nSPS) is 15.2. The fourth-order valence-corrected chi connectivity index (χ4v) is 2.90. The van der Waals surface area contributed by atoms with E-state index in [1.165, 1.54) is 6.07 Å². The summed E-state index contributed by atoms with van der Waals surface area (Å²) < 4.78 is 37.1. The number of rotatable bonds is 5. The van der Waals surface area contributed by atoms with Crippen LogP contribution in [0.4, 0.5) is 19.3 Å². The molecule has 0 aliphatic carbocycles. The van der Waals surface area contributed by atoms with Crippen LogP contribution < -0.4 is 15.4 Å². The number of carbonyl (C=O) groups excluding carboxylic acids is 2. The van der Waals surface area contributed by atoms with Crippen molar-refractivity contribution in [1.82, 2.24) is 5.32 Å². The van der Waals surface area contributed by atoms with E-state index in [4.69, 9.17) is 9.47 Å². The van der Waals surface area contributed by atoms with Crippen molar-refractivity contribution >= 4 is 17.7 Å². The summed E-state index contributed by atoms with van der Waals surface area (Å²) in [6, 6.07) is 7.73. The highest BCUT2D eigenvalue weighted by atomic mass is 19.2. The van der Waals surface area contributed by atoms with Crippen molar-refractivity contribution in [2.75, 3.05) is 18.5 Å². The third-order valence-electron chi connectivity index (χ3n) is 4.23. The molecule has 148 valence electrons. The van der Waals surface area contributed by atoms with Crippen LogP contribution in [0.5, 0.6) is 5.75 Å². The summed E-state index contributed by atoms with van der Waals surface area (Å²) in [6.45, 7) is 2.52. The molecule has 1 atom stereocenters. The van der Waals surface area contributed by atoms with Crippen LogP contribution in [-0.2, 0) is 4.74 Å². The predicted octanol–water partition coefficient (Wildman–Crippen LogP) is 4.18. The molecule has 0 saturated heterocycles. The highest BCUT2D eigenvalue weighted by molar-refractivity contribution is 6.06. The molecule has 1 aliphatic heterocycles. The Morgan fingerprint density at radius 1 is 1.21 bits per heavy atom. The van der Waals surface area contributed by atoms with Gasteiger partial charge in [-0.25, -0.2) is 13.6 Å². The molecule has 0 radical (unpaired) electrons. The SMILES string of the molecule is CCCOC(=O)NC1CCOc2c(C(=O)Nc3ccc(F)c(F)c3)cccc21. The predicted molar refractivity (Wildman–Crippen MR) is 98.4 cm³/mol. The Hall–Kier alpha value is -3.16. The molecule has 0 bridgehead atoms. The Kier molecular flexibility index (Phi) is 6.08. The zero-order chi connectivity index (χ0) is 20.1. The van der Waals surface area contributed by atoms with E-state index in [1.807, 2.05) is 6.92 Å². The first-order valence-corrected chi connectivity index (χ1v) is 8.95. The molecule has 0 fully saturated rings. The van der Waals surface area contributed by atoms with Crippen molar-refractivity contribution in [3.63, 3.8) is 0 Å². The molecule has 1 aliphatic rings. The van der Waals surface area contributed by atoms with Gasteiger partial charge in [0, 0.05) is 23.7 Å². The van der Waals surface area contributed by atoms with E-state index in [9.17, 15) is 18.4 Å². The molecular formula is C20H20F2N2O4. The Balaban J connectivity index is 1.80. The lowest BCUT2D eigenvalue weighted by Crippen LogP contribution is -2.33. The number of hydrogen-bond donors (Lipinski definition) is 2. The molecule has 3 rings (SSSR count). The maximum Gasteiger partial charge on any atom is 0.407 e. The number of amides is 2. The van der Waals surface area contributed by atoms with Gasteiger partial charge in [-0.3, -0.25) is 4.79 Å². The molecule has 0 aromatic heterocycles. The number of alkyl carbamates (subject to hydrolysis) is 1. The second kappa shape index (κ2) is 8.69. The molecule has 2 aromatic carbocycles. The molecule has 2 N–H and O–H groups in total. The number of fused-ring (bicyclic) bond motifs is 1. The first-order chi connectivity index (χ1) is 13.5. The number of benzene rings is 2. The van der Waals surface area contributed by atoms with E-state index in [0.29, 0.717) is 37.4 Å². The van der Waals surface area contributed by atoms with Gasteiger partial charge in [0.2, 0.25) is 0 Å². The summed E-state index contributed by atoms with van der Waals surface area (Å²) in [5.41, 5.74) is 1.00. The van der Waals surface area contributed by atoms with Gasteiger partial charge in [0.25, 0.3) is 5.91 Å². The minimum absolute atomic E-state index is 0.120. The lowest BCUT2D eigenvalue weighted by Gasteiger charge is -2.27. The second-order valence-electron chi connectivity index (χ2n) is 6.28. The average Bonchev–Trinajstić information content (AvgIpc) is 2.69. The van der Waals surface area contributed by atoms with Crippen molar-refractivity contribution in [2.45, 2.75) is 25.8 Å². The van der Waals surface area contributed by atoms with Crippen LogP contribution in [0.2, 0.25) is 0 Å². The summed E-state index contributed by atoms with van der Waals surface area (Å²) in [5.74, 6) is -2.24. The molecule has 8 heteroatoms. The van der Waals surface area contributed by atoms with Crippen LogP contribution in [0, 0.1) is 11.6 Å². The van der Waals surface area contributed by atoms with Crippen LogP contribution >= 0.6 is 0 Å². The van der Waals surface area contributed by atoms with E-state index in [1.54, 1.807) is 18.2 Å². The van der Waals surface area contributed by atoms with Gasteiger partial charge in [0.05, 0.1) is 24.8 Å². The van der Waals surface area contributed by atoms with Crippen LogP contribution in [-0.4, -0.2) is 25.2 Å². The standard InChI is InChI=1S/C20H20F2N2O4/c1-2-9-28-20(26)24-17-8-10-27-18-13(17)4-3-5-14(18)19(25)23-12-6-7-15(21)16(22)11-12/h3-7,11,17H,2,8-10H2,1H3,(H,23,25)(H,24,26). The average molecular weight is 390 g/mol. The minimum Gasteiger partial charge on any atom is -0.492 e. The Morgan fingerprint density at radius 2 is 2.04 bits per heavy atom. The highest BCUT2D eigenvalue weighted by Crippen LogP contribution is 2.35. The van der Waals surface area contributed by atoms with Crippen LogP contribution in [0.25, 0.3) is 0 Å². The molecule has 1 heterocycles. The summed E-state index contributed by atoms with van der Waals surface area (Å²) >= 11 is 0. The minimum atomic E-state index is -1.06. The van der Waals surface area contributed by atoms with Gasteiger partial charge < -0.3 is 20.1 Å². The van der Waals surface area contributed by atoms with E-state index < -0.39 is 23.6 Å². The summed E-state index contributed by atoms with van der Waals surface area (Å²) in [4.78, 5) is 24.5. The maximum absolute atomic E-state index is 13.4. The van der Waals surface area contributed by atoms with Gasteiger partial charge in [0.15, 0.2) is 11.6 Å². The van der Waals surface area contributed by atoms with E-state index in [-0.39, 0.29) is 17.3 Å². The number of para-hydroxylation sites is 1. The van der Waals surface area contributed by atoms with Crippen molar-refractivity contribution in [2.24, 2.45) is 0 Å². The molecule has 0 spiro atoms. The fraction of sp³-hybridized carbons (Fsp3) is 0.300. The maximum atomic E-state index is 13.4. The summed E-state index contributed by atoms with van der Waals surface area (Å²) in [5, 5.41) is 5.30. The fourth-order valence-electron chi connectivity index (χ4n) is 2.90. The monoisotopic (exact) mass is 390 g/mol. The smallest absolute Gasteiger partial charge is 0.407 e. The topological polar surface area (TPSA) is 76.7 Å². The summed E-state index contributed by atoms with van der Waals surface area (Å²) in [7, 11) is 0. The van der Waals surface area contributed by atoms with Crippen LogP contribution in [0.15, 0.2) is 36.4 Å². The number of anilines is 1. The quantitative estimate of drug-likeness (QED) is 0.803. The molecule has 28 heavy (non-hydrogen) atoms. The Bertz CT molecular complexity index is 889. The van der Waals surface area contributed by atoms with Gasteiger partial charge >= 0.3 is 6.09 Å². The van der Waals surface area contributed by atoms with Crippen molar-refractivity contribution in [1.29, 1.82) is 0 Å². The first kappa shape index (κ1) is 19.6. The van der Waals surface area contributed by atoms with E-state index >= 15 is 0 Å². The lowest BCUT2D eigenvalue weighted by molar-refractivity contribution is 0.102. The number of hydrogen-bond acceptors (Lipinski definition) is 4. The Labute approximate surface area is 160 Å². The van der Waals surface area contributed by atoms with Gasteiger partial charge in [-0.05, 0) is 24.6 Å². The summed E-state index contributed by atoms with van der Waals surface area (Å²) in [6.07, 6.45) is 0.713. The largest absolute Gasteiger partial charge is 0.492 e. The molecule has 2 amide bonds. The Morgan fingerprint density at radius 3 is 2.79 bits per heavy atom. The molecule has 0 saturated carbocycles. The van der Waals surface area contributed by atoms with Gasteiger partial charge in [-0.1, -0.05) is 19.1 Å². The molecular weight excluding hydrogens is 370 g/mol. The second-order valence-corrected chi connectivity index (χ2v) is 6.28. The zero-order valence-corrected chi connectivity index (χ0v) is 15.3. The van der Waals surface area contributed by atoms with Gasteiger partial charge in [0.1, 0.15) is 5.75 Å². The third kappa shape index (κ3) is 4.39. The van der Waals surface area contributed by atoms with Crippen molar-refractivity contribution in [3.05, 3.63) is 59.2 Å². The van der Waals surface area contributed by atoms with Gasteiger partial charge in [-0.15, -0.1) is 0 Å². The number of halogens is 2. The molecule has 1 unspecified atom stereocenters. The molecule has 2 aromatic rings. The lowest BCUT2D eigenvalue weighted by atomic mass is 9.97. The van der Waals surface area contributed by atoms with Crippen LogP contribution in [0.3, 0.4) is 0 Å². The van der Waals surface area contributed by atoms with E-state index in [2.05, 4.69) is 10.6 Å². The number of ether oxygens (including phenoxy) is 2. The molecule has 6 nitrogen and oxygen atoms in total. The highest BCUT2D eigenvalue weighted by Gasteiger charge is 2.27. The van der Waals surface area contributed by atoms with Crippen molar-refractivity contribution in [3.8, 4) is 5.75 Å². The zero-order valence-electron chi connectivity index (χ0n) is 15.3. The number of nitrogens with one attached hydrogen (secondary N) is 2. The first-order valence-electron chi connectivity index (χ1n) is 8.95. The third-order valence-corrected chi connectivity index (χ3v) is 4.23. The van der Waals surface area contributed by atoms with E-state index in [0.717, 1.165) is 12.1 Å².